The molecule has 0 atom stereocenters. The van der Waals surface area contributed by atoms with Gasteiger partial charge in [-0.3, -0.25) is 4.90 Å². The van der Waals surface area contributed by atoms with Crippen LogP contribution in [0.3, 0.4) is 0 Å². The van der Waals surface area contributed by atoms with Crippen LogP contribution in [0.1, 0.15) is 46.5 Å². The first-order valence-electron chi connectivity index (χ1n) is 5.83. The highest BCUT2D eigenvalue weighted by Gasteiger charge is 2.25. The summed E-state index contributed by atoms with van der Waals surface area (Å²) in [6.07, 6.45) is 5.47. The Kier molecular flexibility index (Phi) is 4.72. The van der Waals surface area contributed by atoms with Crippen molar-refractivity contribution in [3.05, 3.63) is 0 Å². The number of alkyl halides is 1. The monoisotopic (exact) mass is 217 g/mol. The zero-order valence-corrected chi connectivity index (χ0v) is 10.6. The van der Waals surface area contributed by atoms with Crippen molar-refractivity contribution in [3.8, 4) is 0 Å². The largest absolute Gasteiger partial charge is 0.299 e. The van der Waals surface area contributed by atoms with Gasteiger partial charge < -0.3 is 0 Å². The molecule has 1 rings (SSSR count). The Morgan fingerprint density at radius 1 is 1.21 bits per heavy atom. The molecule has 0 aromatic carbocycles. The summed E-state index contributed by atoms with van der Waals surface area (Å²) in [4.78, 5) is 2.59. The minimum absolute atomic E-state index is 0.453. The minimum atomic E-state index is 0.453. The van der Waals surface area contributed by atoms with Gasteiger partial charge in [0.1, 0.15) is 0 Å². The quantitative estimate of drug-likeness (QED) is 0.637. The first-order chi connectivity index (χ1) is 6.53. The molecule has 0 bridgehead atoms. The lowest BCUT2D eigenvalue weighted by Gasteiger charge is -2.38. The third-order valence-corrected chi connectivity index (χ3v) is 3.28. The van der Waals surface area contributed by atoms with Crippen molar-refractivity contribution in [2.45, 2.75) is 52.5 Å². The van der Waals surface area contributed by atoms with Crippen molar-refractivity contribution in [1.82, 2.24) is 4.90 Å². The fourth-order valence-electron chi connectivity index (χ4n) is 1.82. The Balaban J connectivity index is 2.27. The molecule has 1 fully saturated rings. The van der Waals surface area contributed by atoms with Crippen LogP contribution in [-0.4, -0.2) is 29.9 Å². The van der Waals surface area contributed by atoms with Crippen molar-refractivity contribution in [3.63, 3.8) is 0 Å². The van der Waals surface area contributed by atoms with E-state index in [0.717, 1.165) is 18.5 Å². The molecule has 0 N–H and O–H groups in total. The minimum Gasteiger partial charge on any atom is -0.299 e. The van der Waals surface area contributed by atoms with Crippen molar-refractivity contribution in [1.29, 1.82) is 0 Å². The van der Waals surface area contributed by atoms with Crippen LogP contribution in [0.5, 0.6) is 0 Å². The molecule has 0 amide bonds. The van der Waals surface area contributed by atoms with Crippen molar-refractivity contribution in [2.24, 2.45) is 5.41 Å². The van der Waals surface area contributed by atoms with Gasteiger partial charge in [0.15, 0.2) is 0 Å². The molecule has 0 spiro atoms. The topological polar surface area (TPSA) is 3.24 Å². The molecule has 1 aliphatic carbocycles. The number of rotatable bonds is 5. The highest BCUT2D eigenvalue weighted by atomic mass is 35.5. The van der Waals surface area contributed by atoms with Crippen molar-refractivity contribution < 1.29 is 0 Å². The van der Waals surface area contributed by atoms with Gasteiger partial charge in [0.05, 0.1) is 0 Å². The SMILES string of the molecule is CC(C)(C)CCN(CCCl)C1CCC1. The summed E-state index contributed by atoms with van der Waals surface area (Å²) in [5.41, 5.74) is 0.453. The van der Waals surface area contributed by atoms with Gasteiger partial charge in [-0.05, 0) is 31.2 Å². The predicted molar refractivity (Wildman–Crippen MR) is 64.0 cm³/mol. The average Bonchev–Trinajstić information content (AvgIpc) is 1.95. The van der Waals surface area contributed by atoms with E-state index in [9.17, 15) is 0 Å². The molecule has 1 aliphatic rings. The summed E-state index contributed by atoms with van der Waals surface area (Å²) in [7, 11) is 0. The van der Waals surface area contributed by atoms with E-state index in [-0.39, 0.29) is 0 Å². The van der Waals surface area contributed by atoms with Gasteiger partial charge in [-0.15, -0.1) is 11.6 Å². The van der Waals surface area contributed by atoms with Crippen LogP contribution in [0.15, 0.2) is 0 Å². The summed E-state index contributed by atoms with van der Waals surface area (Å²) in [6, 6.07) is 0.844. The highest BCUT2D eigenvalue weighted by Crippen LogP contribution is 2.27. The summed E-state index contributed by atoms with van der Waals surface area (Å²) in [5, 5.41) is 0. The number of halogens is 1. The van der Waals surface area contributed by atoms with Gasteiger partial charge in [-0.1, -0.05) is 27.2 Å². The molecule has 0 aromatic rings. The van der Waals surface area contributed by atoms with E-state index in [4.69, 9.17) is 11.6 Å². The molecule has 2 heteroatoms. The molecule has 14 heavy (non-hydrogen) atoms. The summed E-state index contributed by atoms with van der Waals surface area (Å²) in [5.74, 6) is 0.778. The Bertz CT molecular complexity index is 158. The van der Waals surface area contributed by atoms with Gasteiger partial charge in [-0.2, -0.15) is 0 Å². The highest BCUT2D eigenvalue weighted by molar-refractivity contribution is 6.18. The number of hydrogen-bond acceptors (Lipinski definition) is 1. The fourth-order valence-corrected chi connectivity index (χ4v) is 2.03. The van der Waals surface area contributed by atoms with Crippen molar-refractivity contribution >= 4 is 11.6 Å². The molecule has 0 saturated heterocycles. The third kappa shape index (κ3) is 4.18. The van der Waals surface area contributed by atoms with E-state index in [2.05, 4.69) is 25.7 Å². The fraction of sp³-hybridized carbons (Fsp3) is 1.00. The number of hydrogen-bond donors (Lipinski definition) is 0. The molecule has 84 valence electrons. The van der Waals surface area contributed by atoms with E-state index < -0.39 is 0 Å². The van der Waals surface area contributed by atoms with E-state index in [1.165, 1.54) is 32.2 Å². The Morgan fingerprint density at radius 3 is 2.21 bits per heavy atom. The lowest BCUT2D eigenvalue weighted by atomic mass is 9.88. The molecule has 0 unspecified atom stereocenters. The van der Waals surface area contributed by atoms with E-state index in [1.807, 2.05) is 0 Å². The first kappa shape index (κ1) is 12.3. The molecule has 0 heterocycles. The maximum atomic E-state index is 5.83. The van der Waals surface area contributed by atoms with E-state index in [0.29, 0.717) is 5.41 Å². The Morgan fingerprint density at radius 2 is 1.86 bits per heavy atom. The van der Waals surface area contributed by atoms with Gasteiger partial charge in [-0.25, -0.2) is 0 Å². The average molecular weight is 218 g/mol. The Labute approximate surface area is 93.8 Å². The lowest BCUT2D eigenvalue weighted by Crippen LogP contribution is -2.42. The molecule has 0 radical (unpaired) electrons. The van der Waals surface area contributed by atoms with Gasteiger partial charge in [0, 0.05) is 18.5 Å². The maximum absolute atomic E-state index is 5.83. The molecular formula is C12H24ClN. The number of nitrogens with zero attached hydrogens (tertiary/aromatic N) is 1. The van der Waals surface area contributed by atoms with Gasteiger partial charge in [0.2, 0.25) is 0 Å². The normalized spacial score (nSPS) is 18.6. The van der Waals surface area contributed by atoms with E-state index >= 15 is 0 Å². The molecule has 0 aliphatic heterocycles. The molecular weight excluding hydrogens is 194 g/mol. The van der Waals surface area contributed by atoms with Crippen LogP contribution >= 0.6 is 11.6 Å². The van der Waals surface area contributed by atoms with Crippen LogP contribution in [0.4, 0.5) is 0 Å². The summed E-state index contributed by atoms with van der Waals surface area (Å²) in [6.45, 7) is 9.23. The second-order valence-corrected chi connectivity index (χ2v) is 6.00. The summed E-state index contributed by atoms with van der Waals surface area (Å²) < 4.78 is 0. The van der Waals surface area contributed by atoms with Gasteiger partial charge >= 0.3 is 0 Å². The molecule has 1 saturated carbocycles. The first-order valence-corrected chi connectivity index (χ1v) is 6.36. The van der Waals surface area contributed by atoms with E-state index in [1.54, 1.807) is 0 Å². The standard InChI is InChI=1S/C12H24ClN/c1-12(2,3)7-9-14(10-8-13)11-5-4-6-11/h11H,4-10H2,1-3H3. The van der Waals surface area contributed by atoms with Crippen LogP contribution in [0, 0.1) is 5.41 Å². The van der Waals surface area contributed by atoms with Crippen LogP contribution < -0.4 is 0 Å². The summed E-state index contributed by atoms with van der Waals surface area (Å²) >= 11 is 5.83. The zero-order chi connectivity index (χ0) is 10.6. The molecule has 0 aromatic heterocycles. The maximum Gasteiger partial charge on any atom is 0.0351 e. The van der Waals surface area contributed by atoms with Crippen LogP contribution in [-0.2, 0) is 0 Å². The second kappa shape index (κ2) is 5.37. The smallest absolute Gasteiger partial charge is 0.0351 e. The Hall–Kier alpha value is 0.250. The molecule has 1 nitrogen and oxygen atoms in total. The third-order valence-electron chi connectivity index (χ3n) is 3.11. The van der Waals surface area contributed by atoms with Crippen LogP contribution in [0.25, 0.3) is 0 Å². The zero-order valence-electron chi connectivity index (χ0n) is 9.85. The van der Waals surface area contributed by atoms with Gasteiger partial charge in [0.25, 0.3) is 0 Å². The van der Waals surface area contributed by atoms with Crippen molar-refractivity contribution in [2.75, 3.05) is 19.0 Å². The predicted octanol–water partition coefficient (Wildman–Crippen LogP) is 3.52. The van der Waals surface area contributed by atoms with Crippen LogP contribution in [0.2, 0.25) is 0 Å². The lowest BCUT2D eigenvalue weighted by molar-refractivity contribution is 0.119. The second-order valence-electron chi connectivity index (χ2n) is 5.62.